The van der Waals surface area contributed by atoms with Gasteiger partial charge in [-0.05, 0) is 36.8 Å². The normalized spacial score (nSPS) is 10.9. The van der Waals surface area contributed by atoms with Crippen LogP contribution in [0.2, 0.25) is 0 Å². The Morgan fingerprint density at radius 1 is 1.11 bits per heavy atom. The summed E-state index contributed by atoms with van der Waals surface area (Å²) in [7, 11) is 0. The van der Waals surface area contributed by atoms with Crippen molar-refractivity contribution in [2.24, 2.45) is 0 Å². The molecule has 0 aliphatic heterocycles. The number of amides is 1. The van der Waals surface area contributed by atoms with E-state index in [1.54, 1.807) is 16.9 Å². The number of carbonyl (C=O) groups is 1. The first-order valence-electron chi connectivity index (χ1n) is 8.77. The molecule has 0 fully saturated rings. The molecular weight excluding hydrogens is 372 g/mol. The number of thioether (sulfide) groups is 1. The van der Waals surface area contributed by atoms with Gasteiger partial charge in [0.1, 0.15) is 0 Å². The van der Waals surface area contributed by atoms with Crippen molar-refractivity contribution >= 4 is 23.3 Å². The summed E-state index contributed by atoms with van der Waals surface area (Å²) in [5, 5.41) is 16.3. The summed E-state index contributed by atoms with van der Waals surface area (Å²) >= 11 is 1.31. The maximum absolute atomic E-state index is 12.2. The molecule has 0 aliphatic carbocycles. The molecule has 28 heavy (non-hydrogen) atoms. The Labute approximate surface area is 166 Å². The lowest BCUT2D eigenvalue weighted by Gasteiger charge is -2.05. The van der Waals surface area contributed by atoms with Gasteiger partial charge < -0.3 is 5.32 Å². The smallest absolute Gasteiger partial charge is 0.230 e. The number of carbonyl (C=O) groups excluding carboxylic acids is 1. The molecule has 4 rings (SSSR count). The predicted octanol–water partition coefficient (Wildman–Crippen LogP) is 2.90. The van der Waals surface area contributed by atoms with E-state index >= 15 is 0 Å². The maximum Gasteiger partial charge on any atom is 0.230 e. The van der Waals surface area contributed by atoms with Gasteiger partial charge >= 0.3 is 0 Å². The average molecular weight is 390 g/mol. The van der Waals surface area contributed by atoms with E-state index in [0.717, 1.165) is 16.8 Å². The van der Waals surface area contributed by atoms with Crippen LogP contribution in [-0.2, 0) is 11.3 Å². The van der Waals surface area contributed by atoms with Gasteiger partial charge in [-0.25, -0.2) is 0 Å². The Morgan fingerprint density at radius 2 is 1.96 bits per heavy atom. The number of rotatable bonds is 6. The molecule has 0 saturated heterocycles. The summed E-state index contributed by atoms with van der Waals surface area (Å²) in [5.74, 6) is 0.177. The highest BCUT2D eigenvalue weighted by Gasteiger charge is 2.11. The first-order chi connectivity index (χ1) is 13.7. The molecule has 140 valence electrons. The Bertz CT molecular complexity index is 1090. The third-order valence-electron chi connectivity index (χ3n) is 4.13. The van der Waals surface area contributed by atoms with Crippen LogP contribution in [0.5, 0.6) is 0 Å². The van der Waals surface area contributed by atoms with E-state index in [0.29, 0.717) is 17.3 Å². The van der Waals surface area contributed by atoms with Crippen LogP contribution >= 0.6 is 11.8 Å². The van der Waals surface area contributed by atoms with E-state index in [4.69, 9.17) is 0 Å². The van der Waals surface area contributed by atoms with Crippen LogP contribution < -0.4 is 5.32 Å². The molecule has 0 aliphatic rings. The first-order valence-corrected chi connectivity index (χ1v) is 9.75. The van der Waals surface area contributed by atoms with Gasteiger partial charge in [0.15, 0.2) is 5.65 Å². The lowest BCUT2D eigenvalue weighted by atomic mass is 10.1. The molecule has 3 aromatic heterocycles. The van der Waals surface area contributed by atoms with Crippen molar-refractivity contribution in [1.82, 2.24) is 30.1 Å². The molecule has 8 heteroatoms. The molecule has 3 heterocycles. The number of nitrogens with one attached hydrogen (secondary N) is 1. The highest BCUT2D eigenvalue weighted by atomic mass is 32.2. The summed E-state index contributed by atoms with van der Waals surface area (Å²) in [6, 6.07) is 15.6. The molecule has 4 aromatic rings. The highest BCUT2D eigenvalue weighted by molar-refractivity contribution is 7.99. The lowest BCUT2D eigenvalue weighted by molar-refractivity contribution is -0.118. The summed E-state index contributed by atoms with van der Waals surface area (Å²) in [4.78, 5) is 16.3. The Kier molecular flexibility index (Phi) is 5.29. The third kappa shape index (κ3) is 4.17. The molecular formula is C20H18N6OS. The second-order valence-corrected chi connectivity index (χ2v) is 7.21. The second kappa shape index (κ2) is 8.18. The number of nitrogens with zero attached hydrogens (tertiary/aromatic N) is 5. The van der Waals surface area contributed by atoms with E-state index in [2.05, 4.69) is 25.6 Å². The largest absolute Gasteiger partial charge is 0.351 e. The van der Waals surface area contributed by atoms with Crippen LogP contribution in [0.1, 0.15) is 11.1 Å². The fourth-order valence-corrected chi connectivity index (χ4v) is 3.33. The van der Waals surface area contributed by atoms with Crippen LogP contribution in [0, 0.1) is 6.92 Å². The van der Waals surface area contributed by atoms with Crippen molar-refractivity contribution in [3.63, 3.8) is 0 Å². The second-order valence-electron chi connectivity index (χ2n) is 6.26. The third-order valence-corrected chi connectivity index (χ3v) is 5.05. The van der Waals surface area contributed by atoms with Gasteiger partial charge in [0.2, 0.25) is 11.1 Å². The zero-order chi connectivity index (χ0) is 19.3. The molecule has 0 radical (unpaired) electrons. The fraction of sp³-hybridized carbons (Fsp3) is 0.150. The molecule has 7 nitrogen and oxygen atoms in total. The van der Waals surface area contributed by atoms with E-state index in [1.807, 2.05) is 55.5 Å². The van der Waals surface area contributed by atoms with Crippen molar-refractivity contribution < 1.29 is 4.79 Å². The number of aryl methyl sites for hydroxylation is 1. The molecule has 0 unspecified atom stereocenters. The minimum Gasteiger partial charge on any atom is -0.351 e. The minimum atomic E-state index is -0.0641. The Hall–Kier alpha value is -3.26. The van der Waals surface area contributed by atoms with Crippen molar-refractivity contribution in [3.05, 3.63) is 72.1 Å². The van der Waals surface area contributed by atoms with Crippen molar-refractivity contribution in [2.75, 3.05) is 5.75 Å². The Morgan fingerprint density at radius 3 is 2.75 bits per heavy atom. The SMILES string of the molecule is Cc1ccc(CNC(=O)CSc2nnc3ccc(-c4cccnc4)nn23)cc1. The quantitative estimate of drug-likeness (QED) is 0.510. The zero-order valence-electron chi connectivity index (χ0n) is 15.2. The van der Waals surface area contributed by atoms with Crippen molar-refractivity contribution in [1.29, 1.82) is 0 Å². The van der Waals surface area contributed by atoms with Gasteiger partial charge in [0.05, 0.1) is 11.4 Å². The molecule has 0 saturated carbocycles. The van der Waals surface area contributed by atoms with Gasteiger partial charge in [-0.3, -0.25) is 9.78 Å². The maximum atomic E-state index is 12.2. The molecule has 0 bridgehead atoms. The average Bonchev–Trinajstić information content (AvgIpc) is 3.15. The van der Waals surface area contributed by atoms with Gasteiger partial charge in [0, 0.05) is 24.5 Å². The number of hydrogen-bond donors (Lipinski definition) is 1. The van der Waals surface area contributed by atoms with Gasteiger partial charge in [0.25, 0.3) is 0 Å². The van der Waals surface area contributed by atoms with E-state index in [-0.39, 0.29) is 11.7 Å². The van der Waals surface area contributed by atoms with Crippen molar-refractivity contribution in [2.45, 2.75) is 18.6 Å². The van der Waals surface area contributed by atoms with Gasteiger partial charge in [-0.1, -0.05) is 41.6 Å². The van der Waals surface area contributed by atoms with E-state index in [9.17, 15) is 4.79 Å². The number of pyridine rings is 1. The highest BCUT2D eigenvalue weighted by Crippen LogP contribution is 2.19. The van der Waals surface area contributed by atoms with Crippen LogP contribution in [0.25, 0.3) is 16.9 Å². The van der Waals surface area contributed by atoms with Gasteiger partial charge in [-0.2, -0.15) is 9.61 Å². The number of aromatic nitrogens is 5. The molecule has 0 spiro atoms. The lowest BCUT2D eigenvalue weighted by Crippen LogP contribution is -2.24. The minimum absolute atomic E-state index is 0.0641. The predicted molar refractivity (Wildman–Crippen MR) is 108 cm³/mol. The fourth-order valence-electron chi connectivity index (χ4n) is 2.62. The number of fused-ring (bicyclic) bond motifs is 1. The first kappa shape index (κ1) is 18.1. The summed E-state index contributed by atoms with van der Waals surface area (Å²) < 4.78 is 1.65. The van der Waals surface area contributed by atoms with E-state index < -0.39 is 0 Å². The molecule has 0 atom stereocenters. The van der Waals surface area contributed by atoms with Crippen LogP contribution in [0.4, 0.5) is 0 Å². The number of hydrogen-bond acceptors (Lipinski definition) is 6. The van der Waals surface area contributed by atoms with Crippen LogP contribution in [0.3, 0.4) is 0 Å². The topological polar surface area (TPSA) is 85.1 Å². The monoisotopic (exact) mass is 390 g/mol. The summed E-state index contributed by atoms with van der Waals surface area (Å²) in [6.45, 7) is 2.54. The summed E-state index contributed by atoms with van der Waals surface area (Å²) in [5.41, 5.74) is 4.58. The standard InChI is InChI=1S/C20H18N6OS/c1-14-4-6-15(7-5-14)11-22-19(27)13-28-20-24-23-18-9-8-17(25-26(18)20)16-3-2-10-21-12-16/h2-10,12H,11,13H2,1H3,(H,22,27). The van der Waals surface area contributed by atoms with Crippen LogP contribution in [0.15, 0.2) is 66.1 Å². The zero-order valence-corrected chi connectivity index (χ0v) is 16.1. The summed E-state index contributed by atoms with van der Waals surface area (Å²) in [6.07, 6.45) is 3.47. The van der Waals surface area contributed by atoms with Gasteiger partial charge in [-0.15, -0.1) is 10.2 Å². The van der Waals surface area contributed by atoms with Crippen LogP contribution in [-0.4, -0.2) is 36.5 Å². The molecule has 1 amide bonds. The van der Waals surface area contributed by atoms with E-state index in [1.165, 1.54) is 17.3 Å². The molecule has 1 N–H and O–H groups in total. The number of benzene rings is 1. The molecule has 1 aromatic carbocycles. The van der Waals surface area contributed by atoms with Crippen molar-refractivity contribution in [3.8, 4) is 11.3 Å². The Balaban J connectivity index is 1.41.